The van der Waals surface area contributed by atoms with Crippen molar-refractivity contribution in [3.63, 3.8) is 0 Å². The number of benzene rings is 2. The lowest BCUT2D eigenvalue weighted by Crippen LogP contribution is -2.12. The van der Waals surface area contributed by atoms with Crippen molar-refractivity contribution >= 4 is 17.4 Å². The minimum Gasteiger partial charge on any atom is -0.292 e. The topological polar surface area (TPSA) is 40.9 Å². The molecule has 20 heavy (non-hydrogen) atoms. The Bertz CT molecular complexity index is 706. The first-order valence-corrected chi connectivity index (χ1v) is 6.37. The van der Waals surface area contributed by atoms with Gasteiger partial charge in [-0.05, 0) is 36.2 Å². The smallest absolute Gasteiger partial charge is 0.184 e. The van der Waals surface area contributed by atoms with Gasteiger partial charge in [-0.1, -0.05) is 35.9 Å². The molecule has 1 unspecified atom stereocenters. The quantitative estimate of drug-likeness (QED) is 0.791. The molecular formula is C16H11ClFNO. The Morgan fingerprint density at radius 1 is 1.30 bits per heavy atom. The molecule has 0 bridgehead atoms. The molecule has 0 saturated carbocycles. The third-order valence-corrected chi connectivity index (χ3v) is 3.40. The molecule has 0 aliphatic rings. The first-order valence-electron chi connectivity index (χ1n) is 5.99. The van der Waals surface area contributed by atoms with Crippen LogP contribution in [0.4, 0.5) is 4.39 Å². The first-order chi connectivity index (χ1) is 9.54. The number of carbonyl (C=O) groups excluding carboxylic acids is 1. The van der Waals surface area contributed by atoms with Crippen molar-refractivity contribution in [1.82, 2.24) is 0 Å². The zero-order chi connectivity index (χ0) is 14.7. The van der Waals surface area contributed by atoms with Gasteiger partial charge in [-0.25, -0.2) is 4.39 Å². The average Bonchev–Trinajstić information content (AvgIpc) is 2.44. The summed E-state index contributed by atoms with van der Waals surface area (Å²) in [5.41, 5.74) is 1.62. The van der Waals surface area contributed by atoms with Gasteiger partial charge >= 0.3 is 0 Å². The van der Waals surface area contributed by atoms with E-state index in [1.165, 1.54) is 12.1 Å². The van der Waals surface area contributed by atoms with E-state index in [-0.39, 0.29) is 10.6 Å². The van der Waals surface area contributed by atoms with Crippen LogP contribution in [0.15, 0.2) is 42.5 Å². The molecule has 0 spiro atoms. The van der Waals surface area contributed by atoms with Gasteiger partial charge in [-0.2, -0.15) is 5.26 Å². The predicted molar refractivity (Wildman–Crippen MR) is 75.3 cm³/mol. The number of Topliss-reactive ketones (excluding diaryl/α,β-unsaturated/α-hetero) is 1. The van der Waals surface area contributed by atoms with E-state index >= 15 is 0 Å². The first kappa shape index (κ1) is 14.2. The third-order valence-electron chi connectivity index (χ3n) is 3.09. The number of ketones is 1. The summed E-state index contributed by atoms with van der Waals surface area (Å²) in [7, 11) is 0. The average molecular weight is 288 g/mol. The van der Waals surface area contributed by atoms with Crippen LogP contribution in [0.3, 0.4) is 0 Å². The monoisotopic (exact) mass is 287 g/mol. The molecule has 0 aromatic heterocycles. The highest BCUT2D eigenvalue weighted by Crippen LogP contribution is 2.25. The molecule has 0 fully saturated rings. The Hall–Kier alpha value is -2.18. The Morgan fingerprint density at radius 3 is 2.60 bits per heavy atom. The van der Waals surface area contributed by atoms with E-state index in [4.69, 9.17) is 11.6 Å². The summed E-state index contributed by atoms with van der Waals surface area (Å²) in [6, 6.07) is 12.9. The minimum atomic E-state index is -0.947. The predicted octanol–water partition coefficient (Wildman–Crippen LogP) is 4.28. The highest BCUT2D eigenvalue weighted by Gasteiger charge is 2.23. The molecule has 0 heterocycles. The number of hydrogen-bond donors (Lipinski definition) is 0. The van der Waals surface area contributed by atoms with Crippen molar-refractivity contribution in [2.75, 3.05) is 0 Å². The van der Waals surface area contributed by atoms with Gasteiger partial charge in [0.05, 0.1) is 11.1 Å². The molecule has 0 amide bonds. The number of halogens is 2. The fraction of sp³-hybridized carbons (Fsp3) is 0.125. The summed E-state index contributed by atoms with van der Waals surface area (Å²) < 4.78 is 13.4. The Kier molecular flexibility index (Phi) is 4.16. The molecule has 0 saturated heterocycles. The van der Waals surface area contributed by atoms with E-state index in [2.05, 4.69) is 0 Å². The van der Waals surface area contributed by atoms with Gasteiger partial charge in [0.2, 0.25) is 0 Å². The maximum atomic E-state index is 13.4. The van der Waals surface area contributed by atoms with E-state index in [0.717, 1.165) is 11.6 Å². The number of rotatable bonds is 3. The Morgan fingerprint density at radius 2 is 2.00 bits per heavy atom. The number of carbonyl (C=O) groups is 1. The van der Waals surface area contributed by atoms with Crippen molar-refractivity contribution < 1.29 is 9.18 Å². The molecule has 100 valence electrons. The second-order valence-electron chi connectivity index (χ2n) is 4.41. The Balaban J connectivity index is 2.42. The number of nitrogens with zero attached hydrogens (tertiary/aromatic N) is 1. The standard InChI is InChI=1S/C16H11ClFNO/c1-10-4-2-3-5-12(10)13(9-19)16(20)11-6-7-14(17)15(18)8-11/h2-8,13H,1H3. The molecule has 4 heteroatoms. The number of nitriles is 1. The summed E-state index contributed by atoms with van der Waals surface area (Å²) in [4.78, 5) is 12.4. The normalized spacial score (nSPS) is 11.7. The van der Waals surface area contributed by atoms with Crippen LogP contribution in [0.2, 0.25) is 5.02 Å². The van der Waals surface area contributed by atoms with Gasteiger partial charge in [0.15, 0.2) is 5.78 Å². The van der Waals surface area contributed by atoms with E-state index in [1.54, 1.807) is 12.1 Å². The molecule has 1 atom stereocenters. The van der Waals surface area contributed by atoms with Crippen LogP contribution < -0.4 is 0 Å². The van der Waals surface area contributed by atoms with Gasteiger partial charge in [0.1, 0.15) is 11.7 Å². The molecule has 0 aliphatic carbocycles. The SMILES string of the molecule is Cc1ccccc1C(C#N)C(=O)c1ccc(Cl)c(F)c1. The maximum Gasteiger partial charge on any atom is 0.184 e. The van der Waals surface area contributed by atoms with E-state index in [1.807, 2.05) is 25.1 Å². The molecule has 0 N–H and O–H groups in total. The number of aryl methyl sites for hydroxylation is 1. The van der Waals surface area contributed by atoms with Crippen LogP contribution in [0, 0.1) is 24.1 Å². The van der Waals surface area contributed by atoms with Gasteiger partial charge < -0.3 is 0 Å². The van der Waals surface area contributed by atoms with Crippen LogP contribution in [-0.2, 0) is 0 Å². The lowest BCUT2D eigenvalue weighted by molar-refractivity contribution is 0.0978. The van der Waals surface area contributed by atoms with Crippen molar-refractivity contribution in [3.05, 3.63) is 70.0 Å². The van der Waals surface area contributed by atoms with Crippen LogP contribution in [-0.4, -0.2) is 5.78 Å². The second kappa shape index (κ2) is 5.85. The van der Waals surface area contributed by atoms with E-state index in [0.29, 0.717) is 5.56 Å². The summed E-state index contributed by atoms with van der Waals surface area (Å²) in [5, 5.41) is 9.22. The summed E-state index contributed by atoms with van der Waals surface area (Å²) >= 11 is 5.59. The summed E-state index contributed by atoms with van der Waals surface area (Å²) in [5.74, 6) is -2.05. The third kappa shape index (κ3) is 2.71. The molecular weight excluding hydrogens is 277 g/mol. The van der Waals surface area contributed by atoms with E-state index < -0.39 is 17.5 Å². The van der Waals surface area contributed by atoms with Crippen molar-refractivity contribution in [3.8, 4) is 6.07 Å². The van der Waals surface area contributed by atoms with Crippen molar-refractivity contribution in [2.45, 2.75) is 12.8 Å². The van der Waals surface area contributed by atoms with Crippen molar-refractivity contribution in [1.29, 1.82) is 5.26 Å². The minimum absolute atomic E-state index is 0.0500. The summed E-state index contributed by atoms with van der Waals surface area (Å²) in [6.07, 6.45) is 0. The molecule has 2 aromatic carbocycles. The van der Waals surface area contributed by atoms with Crippen LogP contribution in [0.25, 0.3) is 0 Å². The van der Waals surface area contributed by atoms with Gasteiger partial charge in [-0.3, -0.25) is 4.79 Å². The highest BCUT2D eigenvalue weighted by atomic mass is 35.5. The fourth-order valence-corrected chi connectivity index (χ4v) is 2.11. The van der Waals surface area contributed by atoms with Crippen LogP contribution in [0.5, 0.6) is 0 Å². The van der Waals surface area contributed by atoms with Gasteiger partial charge in [0.25, 0.3) is 0 Å². The molecule has 2 aromatic rings. The largest absolute Gasteiger partial charge is 0.292 e. The second-order valence-corrected chi connectivity index (χ2v) is 4.82. The van der Waals surface area contributed by atoms with Crippen LogP contribution >= 0.6 is 11.6 Å². The zero-order valence-corrected chi connectivity index (χ0v) is 11.5. The Labute approximate surface area is 121 Å². The van der Waals surface area contributed by atoms with Crippen molar-refractivity contribution in [2.24, 2.45) is 0 Å². The molecule has 2 rings (SSSR count). The molecule has 0 radical (unpaired) electrons. The lowest BCUT2D eigenvalue weighted by Gasteiger charge is -2.11. The lowest BCUT2D eigenvalue weighted by atomic mass is 9.89. The molecule has 2 nitrogen and oxygen atoms in total. The highest BCUT2D eigenvalue weighted by molar-refractivity contribution is 6.30. The van der Waals surface area contributed by atoms with Crippen LogP contribution in [0.1, 0.15) is 27.4 Å². The number of hydrogen-bond acceptors (Lipinski definition) is 2. The van der Waals surface area contributed by atoms with Gasteiger partial charge in [-0.15, -0.1) is 0 Å². The van der Waals surface area contributed by atoms with E-state index in [9.17, 15) is 14.4 Å². The summed E-state index contributed by atoms with van der Waals surface area (Å²) in [6.45, 7) is 1.83. The fourth-order valence-electron chi connectivity index (χ4n) is 2.00. The van der Waals surface area contributed by atoms with Gasteiger partial charge in [0, 0.05) is 5.56 Å². The zero-order valence-electron chi connectivity index (χ0n) is 10.7. The maximum absolute atomic E-state index is 13.4. The molecule has 0 aliphatic heterocycles.